The lowest BCUT2D eigenvalue weighted by Crippen LogP contribution is -2.36. The molecule has 1 aliphatic heterocycles. The van der Waals surface area contributed by atoms with Gasteiger partial charge < -0.3 is 43.6 Å². The van der Waals surface area contributed by atoms with Crippen LogP contribution in [0.4, 0.5) is 0 Å². The van der Waals surface area contributed by atoms with Crippen molar-refractivity contribution in [1.82, 2.24) is 10.2 Å². The van der Waals surface area contributed by atoms with E-state index in [1.54, 1.807) is 0 Å². The lowest BCUT2D eigenvalue weighted by molar-refractivity contribution is 0.0172. The zero-order chi connectivity index (χ0) is 44.0. The number of carbonyl (C=O) groups is 3. The van der Waals surface area contributed by atoms with Crippen LogP contribution in [-0.4, -0.2) is 122 Å². The molecule has 6 aromatic rings. The Morgan fingerprint density at radius 2 is 1.10 bits per heavy atom. The quantitative estimate of drug-likeness (QED) is 0.0860. The summed E-state index contributed by atoms with van der Waals surface area (Å²) in [6.07, 6.45) is 0. The van der Waals surface area contributed by atoms with Gasteiger partial charge in [-0.2, -0.15) is 0 Å². The van der Waals surface area contributed by atoms with Crippen LogP contribution in [0.2, 0.25) is 0 Å². The molecule has 1 aliphatic rings. The molecule has 0 bridgehead atoms. The number of carbonyl (C=O) groups excluding carboxylic acids is 3. The van der Waals surface area contributed by atoms with E-state index in [2.05, 4.69) is 57.7 Å². The molecule has 0 saturated heterocycles. The molecule has 0 atom stereocenters. The fourth-order valence-electron chi connectivity index (χ4n) is 7.41. The van der Waals surface area contributed by atoms with Gasteiger partial charge in [0.15, 0.2) is 17.5 Å². The predicted molar refractivity (Wildman–Crippen MR) is 238 cm³/mol. The number of methoxy groups -OCH3 is 2. The Labute approximate surface area is 365 Å². The summed E-state index contributed by atoms with van der Waals surface area (Å²) in [6.45, 7) is 5.52. The van der Waals surface area contributed by atoms with E-state index in [1.165, 1.54) is 26.4 Å². The summed E-state index contributed by atoms with van der Waals surface area (Å²) in [6, 6.07) is 29.2. The summed E-state index contributed by atoms with van der Waals surface area (Å²) in [4.78, 5) is 45.1. The van der Waals surface area contributed by atoms with Crippen molar-refractivity contribution in [2.75, 3.05) is 93.4 Å². The van der Waals surface area contributed by atoms with Gasteiger partial charge in [0.2, 0.25) is 0 Å². The molecule has 0 spiro atoms. The standard InChI is InChI=1S/C48H52N4O11/c1-56-46(54)39-28-41-42(29-40(39)47(55)57-2)63-27-25-61-23-21-59-19-17-52(16-18-58-20-22-60-24-26-62-41)31-33-8-6-32(7-9-33)30-50-48(49)51-45(53)38-15-13-36-11-10-34-4-3-5-35-12-14-37(38)44(36)43(34)35/h3-15,28-29H,16-27,30-31H2,1-2H3,(H3,49,50,51,53). The third kappa shape index (κ3) is 11.6. The van der Waals surface area contributed by atoms with E-state index in [-0.39, 0.29) is 60.9 Å². The molecule has 15 nitrogen and oxygen atoms in total. The van der Waals surface area contributed by atoms with Crippen LogP contribution in [0.3, 0.4) is 0 Å². The normalized spacial score (nSPS) is 15.7. The lowest BCUT2D eigenvalue weighted by atomic mass is 9.92. The van der Waals surface area contributed by atoms with Crippen molar-refractivity contribution in [1.29, 1.82) is 0 Å². The lowest BCUT2D eigenvalue weighted by Gasteiger charge is -2.22. The monoisotopic (exact) mass is 860 g/mol. The van der Waals surface area contributed by atoms with Crippen molar-refractivity contribution < 1.29 is 52.3 Å². The Hall–Kier alpha value is -6.36. The molecule has 7 rings (SSSR count). The second-order valence-corrected chi connectivity index (χ2v) is 14.7. The molecule has 63 heavy (non-hydrogen) atoms. The van der Waals surface area contributed by atoms with E-state index in [9.17, 15) is 14.4 Å². The molecule has 6 aromatic carbocycles. The molecule has 0 radical (unpaired) electrons. The number of guanidine groups is 1. The van der Waals surface area contributed by atoms with Crippen LogP contribution in [0.15, 0.2) is 96.0 Å². The van der Waals surface area contributed by atoms with Gasteiger partial charge in [-0.3, -0.25) is 15.0 Å². The molecule has 330 valence electrons. The van der Waals surface area contributed by atoms with Gasteiger partial charge in [0, 0.05) is 25.2 Å². The number of hydrogen-bond donors (Lipinski definition) is 2. The molecule has 0 saturated carbocycles. The number of nitrogens with one attached hydrogen (secondary N) is 1. The Morgan fingerprint density at radius 1 is 0.603 bits per heavy atom. The summed E-state index contributed by atoms with van der Waals surface area (Å²) < 4.78 is 44.8. The average Bonchev–Trinajstić information content (AvgIpc) is 3.30. The van der Waals surface area contributed by atoms with Gasteiger partial charge in [0.25, 0.3) is 5.91 Å². The van der Waals surface area contributed by atoms with Gasteiger partial charge in [0.1, 0.15) is 13.2 Å². The maximum atomic E-state index is 13.5. The number of amides is 1. The molecule has 0 unspecified atom stereocenters. The Bertz CT molecular complexity index is 2450. The zero-order valence-corrected chi connectivity index (χ0v) is 35.5. The third-order valence-corrected chi connectivity index (χ3v) is 10.6. The van der Waals surface area contributed by atoms with Gasteiger partial charge in [0.05, 0.1) is 84.7 Å². The molecule has 1 heterocycles. The predicted octanol–water partition coefficient (Wildman–Crippen LogP) is 5.74. The van der Waals surface area contributed by atoms with Gasteiger partial charge in [-0.1, -0.05) is 72.8 Å². The van der Waals surface area contributed by atoms with Crippen LogP contribution in [0.25, 0.3) is 32.3 Å². The number of rotatable bonds is 7. The number of hydrogen-bond acceptors (Lipinski definition) is 13. The smallest absolute Gasteiger partial charge is 0.338 e. The summed E-state index contributed by atoms with van der Waals surface area (Å²) in [5.74, 6) is -1.22. The van der Waals surface area contributed by atoms with E-state index in [0.29, 0.717) is 71.4 Å². The number of benzene rings is 6. The first-order valence-electron chi connectivity index (χ1n) is 20.8. The minimum Gasteiger partial charge on any atom is -0.487 e. The van der Waals surface area contributed by atoms with E-state index in [4.69, 9.17) is 43.6 Å². The van der Waals surface area contributed by atoms with Crippen LogP contribution >= 0.6 is 0 Å². The summed E-state index contributed by atoms with van der Waals surface area (Å²) >= 11 is 0. The zero-order valence-electron chi connectivity index (χ0n) is 35.5. The van der Waals surface area contributed by atoms with Crippen LogP contribution in [0.5, 0.6) is 11.5 Å². The fourth-order valence-corrected chi connectivity index (χ4v) is 7.41. The third-order valence-electron chi connectivity index (χ3n) is 10.6. The Balaban J connectivity index is 0.901. The second-order valence-electron chi connectivity index (χ2n) is 14.7. The molecule has 0 aromatic heterocycles. The summed E-state index contributed by atoms with van der Waals surface area (Å²) in [7, 11) is 2.44. The largest absolute Gasteiger partial charge is 0.487 e. The first-order chi connectivity index (χ1) is 30.8. The highest BCUT2D eigenvalue weighted by Gasteiger charge is 2.23. The SMILES string of the molecule is COC(=O)c1cc2c(cc1C(=O)OC)OCCOCCOCCN(Cc1ccc(CN=C(N)NC(=O)c3ccc4ccc5cccc6ccc3c4c56)cc1)CCOCCOCCO2. The van der Waals surface area contributed by atoms with Crippen LogP contribution < -0.4 is 20.5 Å². The van der Waals surface area contributed by atoms with Crippen LogP contribution in [-0.2, 0) is 41.5 Å². The van der Waals surface area contributed by atoms with Crippen molar-refractivity contribution in [2.24, 2.45) is 10.7 Å². The number of ether oxygens (including phenoxy) is 8. The van der Waals surface area contributed by atoms with Crippen LogP contribution in [0, 0.1) is 0 Å². The second kappa shape index (κ2) is 22.1. The first-order valence-corrected chi connectivity index (χ1v) is 20.8. The maximum Gasteiger partial charge on any atom is 0.338 e. The highest BCUT2D eigenvalue weighted by molar-refractivity contribution is 6.27. The number of nitrogens with zero attached hydrogens (tertiary/aromatic N) is 2. The minimum atomic E-state index is -0.721. The van der Waals surface area contributed by atoms with Crippen molar-refractivity contribution in [3.05, 3.63) is 119 Å². The number of esters is 2. The van der Waals surface area contributed by atoms with Crippen molar-refractivity contribution in [2.45, 2.75) is 13.1 Å². The summed E-state index contributed by atoms with van der Waals surface area (Å²) in [5.41, 5.74) is 8.79. The van der Waals surface area contributed by atoms with Gasteiger partial charge >= 0.3 is 11.9 Å². The van der Waals surface area contributed by atoms with Crippen LogP contribution in [0.1, 0.15) is 42.2 Å². The van der Waals surface area contributed by atoms with E-state index < -0.39 is 11.9 Å². The molecule has 0 aliphatic carbocycles. The summed E-state index contributed by atoms with van der Waals surface area (Å²) in [5, 5.41) is 9.21. The number of fused-ring (bicyclic) bond motifs is 1. The molecule has 3 N–H and O–H groups in total. The molecule has 15 heteroatoms. The average molecular weight is 861 g/mol. The Morgan fingerprint density at radius 3 is 1.67 bits per heavy atom. The highest BCUT2D eigenvalue weighted by atomic mass is 16.6. The minimum absolute atomic E-state index is 0.0158. The van der Waals surface area contributed by atoms with Gasteiger partial charge in [-0.25, -0.2) is 14.6 Å². The number of nitrogens with two attached hydrogens (primary N) is 1. The van der Waals surface area contributed by atoms with E-state index in [0.717, 1.165) is 43.4 Å². The molecular weight excluding hydrogens is 809 g/mol. The van der Waals surface area contributed by atoms with E-state index in [1.807, 2.05) is 36.4 Å². The van der Waals surface area contributed by atoms with Crippen molar-refractivity contribution >= 4 is 56.1 Å². The topological polar surface area (TPSA) is 179 Å². The molecular formula is C48H52N4O11. The molecule has 1 amide bonds. The van der Waals surface area contributed by atoms with Crippen molar-refractivity contribution in [3.8, 4) is 11.5 Å². The molecule has 0 fully saturated rings. The Kier molecular flexibility index (Phi) is 15.7. The van der Waals surface area contributed by atoms with Crippen molar-refractivity contribution in [3.63, 3.8) is 0 Å². The van der Waals surface area contributed by atoms with Gasteiger partial charge in [-0.15, -0.1) is 0 Å². The highest BCUT2D eigenvalue weighted by Crippen LogP contribution is 2.36. The maximum absolute atomic E-state index is 13.5. The fraction of sp³-hybridized carbons (Fsp3) is 0.333. The van der Waals surface area contributed by atoms with E-state index >= 15 is 0 Å². The number of aliphatic imine (C=N–C) groups is 1. The first kappa shape index (κ1) is 44.7. The van der Waals surface area contributed by atoms with Gasteiger partial charge in [-0.05, 0) is 61.6 Å².